The third-order valence-electron chi connectivity index (χ3n) is 10.3. The Morgan fingerprint density at radius 3 is 1.48 bits per heavy atom. The lowest BCUT2D eigenvalue weighted by Crippen LogP contribution is -2.13. The number of hydrogen-bond acceptors (Lipinski definition) is 1. The molecule has 0 atom stereocenters. The Morgan fingerprint density at radius 1 is 0.327 bits per heavy atom. The molecule has 0 unspecified atom stereocenters. The zero-order valence-electron chi connectivity index (χ0n) is 28.5. The SMILES string of the molecule is c1ccc(-c2ccccc2N(c2c3ccccc3c(-c3ccccc3)c3ccccc23)c2cccc3c2c2ccccc2n3-c2ccccc2)cc1. The van der Waals surface area contributed by atoms with E-state index in [9.17, 15) is 0 Å². The number of para-hydroxylation sites is 3. The van der Waals surface area contributed by atoms with Crippen LogP contribution in [-0.4, -0.2) is 4.57 Å². The number of rotatable bonds is 6. The summed E-state index contributed by atoms with van der Waals surface area (Å²) in [5.74, 6) is 0. The van der Waals surface area contributed by atoms with Crippen LogP contribution >= 0.6 is 0 Å². The molecule has 0 amide bonds. The van der Waals surface area contributed by atoms with Gasteiger partial charge >= 0.3 is 0 Å². The van der Waals surface area contributed by atoms with Gasteiger partial charge in [0.25, 0.3) is 0 Å². The maximum atomic E-state index is 2.55. The average molecular weight is 663 g/mol. The smallest absolute Gasteiger partial charge is 0.0619 e. The number of benzene rings is 9. The maximum absolute atomic E-state index is 2.55. The Bertz CT molecular complexity index is 2830. The van der Waals surface area contributed by atoms with Crippen molar-refractivity contribution in [1.29, 1.82) is 0 Å². The third-order valence-corrected chi connectivity index (χ3v) is 10.3. The van der Waals surface area contributed by atoms with Crippen molar-refractivity contribution in [2.45, 2.75) is 0 Å². The first-order valence-electron chi connectivity index (χ1n) is 17.9. The minimum atomic E-state index is 1.13. The van der Waals surface area contributed by atoms with E-state index in [-0.39, 0.29) is 0 Å². The molecule has 2 heteroatoms. The summed E-state index contributed by atoms with van der Waals surface area (Å²) in [5.41, 5.74) is 11.7. The lowest BCUT2D eigenvalue weighted by molar-refractivity contribution is 1.18. The zero-order valence-corrected chi connectivity index (χ0v) is 28.5. The van der Waals surface area contributed by atoms with Crippen molar-refractivity contribution in [3.63, 3.8) is 0 Å². The second kappa shape index (κ2) is 12.5. The minimum absolute atomic E-state index is 1.13. The van der Waals surface area contributed by atoms with E-state index in [0.717, 1.165) is 17.1 Å². The van der Waals surface area contributed by atoms with Crippen LogP contribution in [0.25, 0.3) is 71.3 Å². The lowest BCUT2D eigenvalue weighted by Gasteiger charge is -2.32. The van der Waals surface area contributed by atoms with E-state index in [4.69, 9.17) is 0 Å². The second-order valence-corrected chi connectivity index (χ2v) is 13.3. The van der Waals surface area contributed by atoms with Gasteiger partial charge in [0.05, 0.1) is 28.1 Å². The molecule has 52 heavy (non-hydrogen) atoms. The first-order chi connectivity index (χ1) is 25.9. The van der Waals surface area contributed by atoms with Crippen LogP contribution < -0.4 is 4.90 Å². The van der Waals surface area contributed by atoms with Gasteiger partial charge in [-0.3, -0.25) is 0 Å². The van der Waals surface area contributed by atoms with Crippen LogP contribution in [0.5, 0.6) is 0 Å². The van der Waals surface area contributed by atoms with Gasteiger partial charge in [-0.05, 0) is 63.9 Å². The van der Waals surface area contributed by atoms with Gasteiger partial charge in [-0.15, -0.1) is 0 Å². The van der Waals surface area contributed by atoms with Crippen LogP contribution in [0.1, 0.15) is 0 Å². The quantitative estimate of drug-likeness (QED) is 0.161. The first-order valence-corrected chi connectivity index (χ1v) is 17.9. The molecule has 0 fully saturated rings. The molecular formula is C50H34N2. The summed E-state index contributed by atoms with van der Waals surface area (Å²) in [4.78, 5) is 2.55. The monoisotopic (exact) mass is 662 g/mol. The van der Waals surface area contributed by atoms with Crippen molar-refractivity contribution in [1.82, 2.24) is 4.57 Å². The highest BCUT2D eigenvalue weighted by atomic mass is 15.2. The normalized spacial score (nSPS) is 11.5. The highest BCUT2D eigenvalue weighted by molar-refractivity contribution is 6.25. The van der Waals surface area contributed by atoms with Gasteiger partial charge in [0.2, 0.25) is 0 Å². The van der Waals surface area contributed by atoms with E-state index >= 15 is 0 Å². The standard InChI is InChI=1S/C50H34N2/c1-4-19-35(20-5-1)38-25-14-16-31-44(38)52(47-34-18-33-46-49(47)43-30-15-17-32-45(43)51(46)37-23-8-3-9-24-37)50-41-28-12-10-26-39(41)48(36-21-6-2-7-22-36)40-27-11-13-29-42(40)50/h1-34H. The molecule has 9 aromatic carbocycles. The summed E-state index contributed by atoms with van der Waals surface area (Å²) < 4.78 is 2.41. The first kappa shape index (κ1) is 30.0. The van der Waals surface area contributed by atoms with Crippen molar-refractivity contribution >= 4 is 60.4 Å². The summed E-state index contributed by atoms with van der Waals surface area (Å²) in [7, 11) is 0. The molecule has 0 aliphatic carbocycles. The van der Waals surface area contributed by atoms with Gasteiger partial charge in [-0.2, -0.15) is 0 Å². The topological polar surface area (TPSA) is 8.17 Å². The predicted molar refractivity (Wildman–Crippen MR) is 221 cm³/mol. The molecule has 0 radical (unpaired) electrons. The minimum Gasteiger partial charge on any atom is -0.309 e. The molecule has 1 aromatic heterocycles. The number of anilines is 3. The second-order valence-electron chi connectivity index (χ2n) is 13.3. The number of fused-ring (bicyclic) bond motifs is 5. The Hall–Kier alpha value is -6.90. The molecule has 244 valence electrons. The Morgan fingerprint density at radius 2 is 0.808 bits per heavy atom. The van der Waals surface area contributed by atoms with Crippen molar-refractivity contribution < 1.29 is 0 Å². The van der Waals surface area contributed by atoms with Gasteiger partial charge in [0, 0.05) is 32.8 Å². The van der Waals surface area contributed by atoms with E-state index in [1.165, 1.54) is 71.3 Å². The maximum Gasteiger partial charge on any atom is 0.0619 e. The van der Waals surface area contributed by atoms with E-state index in [2.05, 4.69) is 216 Å². The molecule has 10 rings (SSSR count). The van der Waals surface area contributed by atoms with Crippen molar-refractivity contribution in [3.8, 4) is 27.9 Å². The van der Waals surface area contributed by atoms with E-state index in [1.54, 1.807) is 0 Å². The molecule has 0 N–H and O–H groups in total. The summed E-state index contributed by atoms with van der Waals surface area (Å²) in [6.45, 7) is 0. The summed E-state index contributed by atoms with van der Waals surface area (Å²) >= 11 is 0. The van der Waals surface area contributed by atoms with E-state index < -0.39 is 0 Å². The molecule has 0 spiro atoms. The van der Waals surface area contributed by atoms with Gasteiger partial charge in [-0.25, -0.2) is 0 Å². The fourth-order valence-electron chi connectivity index (χ4n) is 8.21. The van der Waals surface area contributed by atoms with Gasteiger partial charge < -0.3 is 9.47 Å². The molecule has 0 bridgehead atoms. The van der Waals surface area contributed by atoms with Gasteiger partial charge in [-0.1, -0.05) is 170 Å². The zero-order chi connectivity index (χ0) is 34.4. The van der Waals surface area contributed by atoms with Crippen LogP contribution in [-0.2, 0) is 0 Å². The summed E-state index contributed by atoms with van der Waals surface area (Å²) in [6.07, 6.45) is 0. The van der Waals surface area contributed by atoms with Gasteiger partial charge in [0.15, 0.2) is 0 Å². The van der Waals surface area contributed by atoms with Crippen LogP contribution in [0.2, 0.25) is 0 Å². The third kappa shape index (κ3) is 4.73. The fraction of sp³-hybridized carbons (Fsp3) is 0. The number of nitrogens with zero attached hydrogens (tertiary/aromatic N) is 2. The molecule has 0 saturated heterocycles. The Labute approximate surface area is 303 Å². The van der Waals surface area contributed by atoms with Crippen LogP contribution in [0.4, 0.5) is 17.1 Å². The molecule has 2 nitrogen and oxygen atoms in total. The van der Waals surface area contributed by atoms with Crippen LogP contribution in [0, 0.1) is 0 Å². The van der Waals surface area contributed by atoms with Crippen molar-refractivity contribution in [2.75, 3.05) is 4.90 Å². The molecule has 0 aliphatic rings. The van der Waals surface area contributed by atoms with E-state index in [1.807, 2.05) is 0 Å². The van der Waals surface area contributed by atoms with Crippen molar-refractivity contribution in [2.24, 2.45) is 0 Å². The van der Waals surface area contributed by atoms with Gasteiger partial charge in [0.1, 0.15) is 0 Å². The largest absolute Gasteiger partial charge is 0.309 e. The lowest BCUT2D eigenvalue weighted by atomic mass is 9.89. The van der Waals surface area contributed by atoms with Crippen LogP contribution in [0.3, 0.4) is 0 Å². The Balaban J connectivity index is 1.40. The summed E-state index contributed by atoms with van der Waals surface area (Å²) in [5, 5.41) is 7.28. The molecule has 0 aliphatic heterocycles. The van der Waals surface area contributed by atoms with Crippen LogP contribution in [0.15, 0.2) is 206 Å². The predicted octanol–water partition coefficient (Wildman–Crippen LogP) is 13.9. The van der Waals surface area contributed by atoms with Crippen molar-refractivity contribution in [3.05, 3.63) is 206 Å². The molecular weight excluding hydrogens is 629 g/mol. The number of hydrogen-bond donors (Lipinski definition) is 0. The summed E-state index contributed by atoms with van der Waals surface area (Å²) in [6, 6.07) is 74.7. The highest BCUT2D eigenvalue weighted by Crippen LogP contribution is 2.52. The molecule has 0 saturated carbocycles. The highest BCUT2D eigenvalue weighted by Gasteiger charge is 2.27. The number of aromatic nitrogens is 1. The average Bonchev–Trinajstić information content (AvgIpc) is 3.57. The van der Waals surface area contributed by atoms with E-state index in [0.29, 0.717) is 0 Å². The molecule has 10 aromatic rings. The fourth-order valence-corrected chi connectivity index (χ4v) is 8.21. The molecule has 1 heterocycles. The Kier molecular flexibility index (Phi) is 7.18.